The standard InChI is InChI=1S/C17H27N3O2/c1-4-18-12-16-6-5-15(11-17(16)22-3)13-19-7-9-20(10-8-19)14(2)21/h5-6,11,18H,4,7-10,12-13H2,1-3H3. The van der Waals surface area contributed by atoms with Crippen LogP contribution in [0.1, 0.15) is 25.0 Å². The molecule has 22 heavy (non-hydrogen) atoms. The lowest BCUT2D eigenvalue weighted by Crippen LogP contribution is -2.47. The molecule has 5 nitrogen and oxygen atoms in total. The van der Waals surface area contributed by atoms with Crippen LogP contribution in [-0.4, -0.2) is 55.5 Å². The van der Waals surface area contributed by atoms with Crippen LogP contribution in [0.5, 0.6) is 5.75 Å². The molecule has 1 amide bonds. The number of ether oxygens (including phenoxy) is 1. The Morgan fingerprint density at radius 1 is 1.27 bits per heavy atom. The Morgan fingerprint density at radius 3 is 2.59 bits per heavy atom. The first kappa shape index (κ1) is 16.8. The molecule has 0 atom stereocenters. The summed E-state index contributed by atoms with van der Waals surface area (Å²) < 4.78 is 5.51. The lowest BCUT2D eigenvalue weighted by Gasteiger charge is -2.34. The van der Waals surface area contributed by atoms with Crippen molar-refractivity contribution in [2.45, 2.75) is 26.9 Å². The van der Waals surface area contributed by atoms with Gasteiger partial charge in [0.2, 0.25) is 5.91 Å². The Bertz CT molecular complexity index is 497. The van der Waals surface area contributed by atoms with E-state index < -0.39 is 0 Å². The van der Waals surface area contributed by atoms with E-state index in [2.05, 4.69) is 35.3 Å². The molecule has 5 heteroatoms. The number of methoxy groups -OCH3 is 1. The molecule has 1 fully saturated rings. The lowest BCUT2D eigenvalue weighted by molar-refractivity contribution is -0.130. The summed E-state index contributed by atoms with van der Waals surface area (Å²) in [5.74, 6) is 1.12. The first-order valence-corrected chi connectivity index (χ1v) is 7.98. The maximum Gasteiger partial charge on any atom is 0.219 e. The average molecular weight is 305 g/mol. The second-order valence-electron chi connectivity index (χ2n) is 5.71. The van der Waals surface area contributed by atoms with E-state index in [4.69, 9.17) is 4.74 Å². The van der Waals surface area contributed by atoms with E-state index in [0.717, 1.165) is 51.6 Å². The summed E-state index contributed by atoms with van der Waals surface area (Å²) in [5, 5.41) is 3.33. The summed E-state index contributed by atoms with van der Waals surface area (Å²) in [7, 11) is 1.72. The fourth-order valence-electron chi connectivity index (χ4n) is 2.77. The molecule has 1 aliphatic rings. The van der Waals surface area contributed by atoms with Gasteiger partial charge in [-0.2, -0.15) is 0 Å². The van der Waals surface area contributed by atoms with Crippen LogP contribution in [0.3, 0.4) is 0 Å². The molecule has 0 unspecified atom stereocenters. The number of benzene rings is 1. The first-order valence-electron chi connectivity index (χ1n) is 7.98. The van der Waals surface area contributed by atoms with Gasteiger partial charge in [-0.3, -0.25) is 9.69 Å². The highest BCUT2D eigenvalue weighted by molar-refractivity contribution is 5.73. The topological polar surface area (TPSA) is 44.8 Å². The van der Waals surface area contributed by atoms with Gasteiger partial charge in [0.25, 0.3) is 0 Å². The number of rotatable bonds is 6. The zero-order valence-electron chi connectivity index (χ0n) is 13.9. The normalized spacial score (nSPS) is 15.9. The molecule has 1 heterocycles. The summed E-state index contributed by atoms with van der Waals surface area (Å²) in [6.07, 6.45) is 0. The molecule has 1 aliphatic heterocycles. The van der Waals surface area contributed by atoms with Gasteiger partial charge in [-0.05, 0) is 18.2 Å². The monoisotopic (exact) mass is 305 g/mol. The number of hydrogen-bond donors (Lipinski definition) is 1. The molecular weight excluding hydrogens is 278 g/mol. The van der Waals surface area contributed by atoms with Gasteiger partial charge in [-0.15, -0.1) is 0 Å². The van der Waals surface area contributed by atoms with Gasteiger partial charge >= 0.3 is 0 Å². The van der Waals surface area contributed by atoms with Gasteiger partial charge in [0, 0.05) is 51.8 Å². The number of carbonyl (C=O) groups is 1. The molecule has 1 saturated heterocycles. The SMILES string of the molecule is CCNCc1ccc(CN2CCN(C(C)=O)CC2)cc1OC. The number of nitrogens with zero attached hydrogens (tertiary/aromatic N) is 2. The Labute approximate surface area is 133 Å². The maximum atomic E-state index is 11.4. The van der Waals surface area contributed by atoms with Crippen molar-refractivity contribution >= 4 is 5.91 Å². The van der Waals surface area contributed by atoms with Crippen LogP contribution in [0, 0.1) is 0 Å². The van der Waals surface area contributed by atoms with E-state index in [1.54, 1.807) is 14.0 Å². The fourth-order valence-corrected chi connectivity index (χ4v) is 2.77. The zero-order chi connectivity index (χ0) is 15.9. The first-order chi connectivity index (χ1) is 10.6. The van der Waals surface area contributed by atoms with E-state index in [-0.39, 0.29) is 5.91 Å². The van der Waals surface area contributed by atoms with Crippen LogP contribution >= 0.6 is 0 Å². The second kappa shape index (κ2) is 8.15. The molecule has 1 aromatic rings. The van der Waals surface area contributed by atoms with Crippen molar-refractivity contribution in [2.24, 2.45) is 0 Å². The Hall–Kier alpha value is -1.59. The van der Waals surface area contributed by atoms with Crippen molar-refractivity contribution in [3.63, 3.8) is 0 Å². The Balaban J connectivity index is 1.94. The van der Waals surface area contributed by atoms with Crippen LogP contribution in [-0.2, 0) is 17.9 Å². The van der Waals surface area contributed by atoms with Crippen LogP contribution < -0.4 is 10.1 Å². The van der Waals surface area contributed by atoms with Crippen LogP contribution in [0.15, 0.2) is 18.2 Å². The lowest BCUT2D eigenvalue weighted by atomic mass is 10.1. The van der Waals surface area contributed by atoms with Crippen molar-refractivity contribution in [1.82, 2.24) is 15.1 Å². The van der Waals surface area contributed by atoms with Crippen molar-refractivity contribution in [2.75, 3.05) is 39.8 Å². The van der Waals surface area contributed by atoms with E-state index in [1.807, 2.05) is 4.90 Å². The Morgan fingerprint density at radius 2 is 2.00 bits per heavy atom. The third-order valence-corrected chi connectivity index (χ3v) is 4.14. The molecular formula is C17H27N3O2. The molecule has 2 rings (SSSR count). The van der Waals surface area contributed by atoms with E-state index in [1.165, 1.54) is 11.1 Å². The van der Waals surface area contributed by atoms with Crippen LogP contribution in [0.2, 0.25) is 0 Å². The fraction of sp³-hybridized carbons (Fsp3) is 0.588. The van der Waals surface area contributed by atoms with Crippen molar-refractivity contribution in [3.8, 4) is 5.75 Å². The summed E-state index contributed by atoms with van der Waals surface area (Å²) in [4.78, 5) is 15.7. The summed E-state index contributed by atoms with van der Waals surface area (Å²) >= 11 is 0. The molecule has 0 aliphatic carbocycles. The number of carbonyl (C=O) groups excluding carboxylic acids is 1. The third-order valence-electron chi connectivity index (χ3n) is 4.14. The molecule has 122 valence electrons. The van der Waals surface area contributed by atoms with Gasteiger partial charge in [-0.25, -0.2) is 0 Å². The zero-order valence-corrected chi connectivity index (χ0v) is 13.9. The van der Waals surface area contributed by atoms with Crippen molar-refractivity contribution in [1.29, 1.82) is 0 Å². The highest BCUT2D eigenvalue weighted by atomic mass is 16.5. The van der Waals surface area contributed by atoms with Gasteiger partial charge in [-0.1, -0.05) is 19.1 Å². The van der Waals surface area contributed by atoms with Gasteiger partial charge in [0.05, 0.1) is 7.11 Å². The predicted octanol–water partition coefficient (Wildman–Crippen LogP) is 1.47. The molecule has 1 N–H and O–H groups in total. The predicted molar refractivity (Wildman–Crippen MR) is 87.9 cm³/mol. The highest BCUT2D eigenvalue weighted by Gasteiger charge is 2.18. The second-order valence-corrected chi connectivity index (χ2v) is 5.71. The van der Waals surface area contributed by atoms with Crippen molar-refractivity contribution < 1.29 is 9.53 Å². The molecule has 0 radical (unpaired) electrons. The van der Waals surface area contributed by atoms with E-state index >= 15 is 0 Å². The van der Waals surface area contributed by atoms with Gasteiger partial charge in [0.15, 0.2) is 0 Å². The summed E-state index contributed by atoms with van der Waals surface area (Å²) in [6.45, 7) is 9.94. The number of hydrogen-bond acceptors (Lipinski definition) is 4. The minimum absolute atomic E-state index is 0.175. The molecule has 0 saturated carbocycles. The minimum Gasteiger partial charge on any atom is -0.496 e. The van der Waals surface area contributed by atoms with Gasteiger partial charge < -0.3 is 15.0 Å². The van der Waals surface area contributed by atoms with E-state index in [9.17, 15) is 4.79 Å². The summed E-state index contributed by atoms with van der Waals surface area (Å²) in [6, 6.07) is 6.44. The number of piperazine rings is 1. The average Bonchev–Trinajstić information content (AvgIpc) is 2.54. The maximum absolute atomic E-state index is 11.4. The quantitative estimate of drug-likeness (QED) is 0.864. The number of amides is 1. The van der Waals surface area contributed by atoms with Crippen molar-refractivity contribution in [3.05, 3.63) is 29.3 Å². The highest BCUT2D eigenvalue weighted by Crippen LogP contribution is 2.21. The molecule has 0 bridgehead atoms. The van der Waals surface area contributed by atoms with E-state index in [0.29, 0.717) is 0 Å². The Kier molecular flexibility index (Phi) is 6.21. The molecule has 0 aromatic heterocycles. The van der Waals surface area contributed by atoms with Gasteiger partial charge in [0.1, 0.15) is 5.75 Å². The third kappa shape index (κ3) is 4.45. The summed E-state index contributed by atoms with van der Waals surface area (Å²) in [5.41, 5.74) is 2.45. The largest absolute Gasteiger partial charge is 0.496 e. The smallest absolute Gasteiger partial charge is 0.219 e. The molecule has 1 aromatic carbocycles. The molecule has 0 spiro atoms. The minimum atomic E-state index is 0.175. The van der Waals surface area contributed by atoms with Crippen LogP contribution in [0.25, 0.3) is 0 Å². The van der Waals surface area contributed by atoms with Crippen LogP contribution in [0.4, 0.5) is 0 Å². The number of nitrogens with one attached hydrogen (secondary N) is 1.